The molecule has 3 aliphatic rings. The Morgan fingerprint density at radius 2 is 2.08 bits per heavy atom. The number of morpholine rings is 1. The molecule has 0 amide bonds. The van der Waals surface area contributed by atoms with Crippen LogP contribution in [0.2, 0.25) is 0 Å². The molecule has 8 heteroatoms. The van der Waals surface area contributed by atoms with E-state index in [0.717, 1.165) is 55.2 Å². The minimum atomic E-state index is -0.192. The average molecular weight is 346 g/mol. The van der Waals surface area contributed by atoms with Gasteiger partial charge in [-0.25, -0.2) is 0 Å². The Morgan fingerprint density at radius 1 is 1.16 bits per heavy atom. The smallest absolute Gasteiger partial charge is 0.257 e. The van der Waals surface area contributed by atoms with E-state index in [-0.39, 0.29) is 12.2 Å². The van der Waals surface area contributed by atoms with Crippen LogP contribution in [0.3, 0.4) is 0 Å². The van der Waals surface area contributed by atoms with E-state index in [1.54, 1.807) is 0 Å². The van der Waals surface area contributed by atoms with Crippen LogP contribution in [0, 0.1) is 0 Å². The summed E-state index contributed by atoms with van der Waals surface area (Å²) in [5.41, 5.74) is 2.07. The van der Waals surface area contributed by atoms with Crippen LogP contribution in [0.1, 0.15) is 60.5 Å². The van der Waals surface area contributed by atoms with E-state index in [9.17, 15) is 0 Å². The molecule has 2 aromatic heterocycles. The van der Waals surface area contributed by atoms with E-state index in [2.05, 4.69) is 27.1 Å². The van der Waals surface area contributed by atoms with Crippen molar-refractivity contribution in [3.05, 3.63) is 28.7 Å². The average Bonchev–Trinajstić information content (AvgIpc) is 3.21. The molecule has 2 fully saturated rings. The summed E-state index contributed by atoms with van der Waals surface area (Å²) in [4.78, 5) is 6.86. The van der Waals surface area contributed by atoms with Gasteiger partial charge in [0.15, 0.2) is 5.82 Å². The molecule has 0 N–H and O–H groups in total. The minimum absolute atomic E-state index is 0.0917. The molecule has 0 aromatic carbocycles. The summed E-state index contributed by atoms with van der Waals surface area (Å²) >= 11 is 0. The van der Waals surface area contributed by atoms with Crippen molar-refractivity contribution in [1.82, 2.24) is 20.2 Å². The second-order valence-electron chi connectivity index (χ2n) is 7.23. The van der Waals surface area contributed by atoms with Crippen LogP contribution in [0.25, 0.3) is 0 Å². The van der Waals surface area contributed by atoms with E-state index in [0.29, 0.717) is 31.6 Å². The molecule has 2 aromatic rings. The summed E-state index contributed by atoms with van der Waals surface area (Å²) in [6.07, 6.45) is 3.02. The predicted molar refractivity (Wildman–Crippen MR) is 84.7 cm³/mol. The van der Waals surface area contributed by atoms with Crippen molar-refractivity contribution in [3.8, 4) is 0 Å². The third kappa shape index (κ3) is 3.09. The molecule has 2 aliphatic heterocycles. The van der Waals surface area contributed by atoms with Gasteiger partial charge in [-0.15, -0.1) is 0 Å². The Hall–Kier alpha value is -1.77. The van der Waals surface area contributed by atoms with Crippen molar-refractivity contribution >= 4 is 0 Å². The molecule has 0 radical (unpaired) electrons. The van der Waals surface area contributed by atoms with E-state index in [4.69, 9.17) is 18.5 Å². The topological polar surface area (TPSA) is 86.7 Å². The molecular weight excluding hydrogens is 324 g/mol. The van der Waals surface area contributed by atoms with Gasteiger partial charge < -0.3 is 18.5 Å². The first-order valence-electron chi connectivity index (χ1n) is 9.01. The number of nitrogens with zero attached hydrogens (tertiary/aromatic N) is 4. The summed E-state index contributed by atoms with van der Waals surface area (Å²) < 4.78 is 22.5. The van der Waals surface area contributed by atoms with Crippen molar-refractivity contribution < 1.29 is 18.5 Å². The summed E-state index contributed by atoms with van der Waals surface area (Å²) in [6.45, 7) is 5.63. The molecule has 134 valence electrons. The maximum absolute atomic E-state index is 6.04. The van der Waals surface area contributed by atoms with E-state index in [1.165, 1.54) is 0 Å². The van der Waals surface area contributed by atoms with Crippen molar-refractivity contribution in [1.29, 1.82) is 0 Å². The summed E-state index contributed by atoms with van der Waals surface area (Å²) in [5.74, 6) is 2.86. The van der Waals surface area contributed by atoms with Gasteiger partial charge in [0.2, 0.25) is 0 Å². The zero-order valence-corrected chi connectivity index (χ0v) is 14.3. The lowest BCUT2D eigenvalue weighted by Crippen LogP contribution is -2.42. The Kier molecular flexibility index (Phi) is 3.83. The molecular formula is C17H22N4O4. The molecule has 0 spiro atoms. The zero-order valence-electron chi connectivity index (χ0n) is 14.3. The van der Waals surface area contributed by atoms with Gasteiger partial charge in [0.25, 0.3) is 5.89 Å². The standard InChI is InChI=1S/C17H22N4O4/c1-10-6-21(7-13-12-9-22-5-4-14(12)24-19-13)8-15(23-10)17-18-16(20-25-17)11-2-3-11/h10-11,15H,2-9H2,1H3/t10-,15-/m1/s1. The molecule has 0 bridgehead atoms. The Balaban J connectivity index is 1.30. The molecule has 25 heavy (non-hydrogen) atoms. The fourth-order valence-electron chi connectivity index (χ4n) is 3.61. The number of aromatic nitrogens is 3. The summed E-state index contributed by atoms with van der Waals surface area (Å²) in [6, 6.07) is 0. The van der Waals surface area contributed by atoms with Crippen molar-refractivity contribution in [2.75, 3.05) is 19.7 Å². The molecule has 0 unspecified atom stereocenters. The molecule has 8 nitrogen and oxygen atoms in total. The second-order valence-corrected chi connectivity index (χ2v) is 7.23. The summed E-state index contributed by atoms with van der Waals surface area (Å²) in [7, 11) is 0. The normalized spacial score (nSPS) is 27.4. The van der Waals surface area contributed by atoms with E-state index in [1.807, 2.05) is 0 Å². The van der Waals surface area contributed by atoms with Crippen LogP contribution < -0.4 is 0 Å². The number of hydrogen-bond acceptors (Lipinski definition) is 8. The van der Waals surface area contributed by atoms with E-state index < -0.39 is 0 Å². The third-order valence-electron chi connectivity index (χ3n) is 5.06. The first-order chi connectivity index (χ1) is 12.3. The molecule has 5 rings (SSSR count). The van der Waals surface area contributed by atoms with Crippen LogP contribution >= 0.6 is 0 Å². The molecule has 1 saturated heterocycles. The quantitative estimate of drug-likeness (QED) is 0.830. The fourth-order valence-corrected chi connectivity index (χ4v) is 3.61. The molecule has 1 aliphatic carbocycles. The lowest BCUT2D eigenvalue weighted by molar-refractivity contribution is -0.0935. The van der Waals surface area contributed by atoms with Crippen LogP contribution in [-0.4, -0.2) is 46.0 Å². The molecule has 2 atom stereocenters. The zero-order chi connectivity index (χ0) is 16.8. The van der Waals surface area contributed by atoms with Crippen LogP contribution in [0.15, 0.2) is 9.05 Å². The highest BCUT2D eigenvalue weighted by Gasteiger charge is 2.34. The van der Waals surface area contributed by atoms with Gasteiger partial charge in [-0.3, -0.25) is 4.90 Å². The second kappa shape index (κ2) is 6.19. The highest BCUT2D eigenvalue weighted by atomic mass is 16.5. The minimum Gasteiger partial charge on any atom is -0.376 e. The van der Waals surface area contributed by atoms with Crippen molar-refractivity contribution in [2.45, 2.75) is 57.5 Å². The van der Waals surface area contributed by atoms with E-state index >= 15 is 0 Å². The first-order valence-corrected chi connectivity index (χ1v) is 9.01. The number of rotatable bonds is 4. The van der Waals surface area contributed by atoms with Crippen molar-refractivity contribution in [2.24, 2.45) is 0 Å². The van der Waals surface area contributed by atoms with Gasteiger partial charge in [-0.05, 0) is 19.8 Å². The maximum Gasteiger partial charge on any atom is 0.257 e. The monoisotopic (exact) mass is 346 g/mol. The highest BCUT2D eigenvalue weighted by molar-refractivity contribution is 5.24. The van der Waals surface area contributed by atoms with Gasteiger partial charge in [-0.1, -0.05) is 10.3 Å². The van der Waals surface area contributed by atoms with Gasteiger partial charge in [0.05, 0.1) is 19.3 Å². The van der Waals surface area contributed by atoms with Gasteiger partial charge in [0, 0.05) is 37.5 Å². The fraction of sp³-hybridized carbons (Fsp3) is 0.706. The lowest BCUT2D eigenvalue weighted by Gasteiger charge is -2.34. The molecule has 1 saturated carbocycles. The van der Waals surface area contributed by atoms with Gasteiger partial charge in [-0.2, -0.15) is 4.98 Å². The third-order valence-corrected chi connectivity index (χ3v) is 5.06. The van der Waals surface area contributed by atoms with Crippen LogP contribution in [0.4, 0.5) is 0 Å². The Bertz CT molecular complexity index is 754. The Labute approximate surface area is 145 Å². The lowest BCUT2D eigenvalue weighted by atomic mass is 10.1. The first kappa shape index (κ1) is 15.5. The van der Waals surface area contributed by atoms with Gasteiger partial charge >= 0.3 is 0 Å². The molecule has 4 heterocycles. The summed E-state index contributed by atoms with van der Waals surface area (Å²) in [5, 5.41) is 8.37. The van der Waals surface area contributed by atoms with Crippen molar-refractivity contribution in [3.63, 3.8) is 0 Å². The van der Waals surface area contributed by atoms with Crippen LogP contribution in [0.5, 0.6) is 0 Å². The highest BCUT2D eigenvalue weighted by Crippen LogP contribution is 2.39. The largest absolute Gasteiger partial charge is 0.376 e. The SMILES string of the molecule is C[C@@H]1CN(Cc2noc3c2COCC3)C[C@H](c2nc(C3CC3)no2)O1. The number of fused-ring (bicyclic) bond motifs is 1. The maximum atomic E-state index is 6.04. The van der Waals surface area contributed by atoms with Crippen LogP contribution in [-0.2, 0) is 29.0 Å². The number of hydrogen-bond donors (Lipinski definition) is 0. The Morgan fingerprint density at radius 3 is 2.96 bits per heavy atom. The predicted octanol–water partition coefficient (Wildman–Crippen LogP) is 1.97. The number of ether oxygens (including phenoxy) is 2. The van der Waals surface area contributed by atoms with Gasteiger partial charge in [0.1, 0.15) is 17.6 Å².